The normalized spacial score (nSPS) is 9.50. The Morgan fingerprint density at radius 1 is 1.57 bits per heavy atom. The number of nitrogens with two attached hydrogens (primary N) is 1. The van der Waals surface area contributed by atoms with Crippen LogP contribution in [-0.2, 0) is 0 Å². The number of hydrogen-bond acceptors (Lipinski definition) is 4. The summed E-state index contributed by atoms with van der Waals surface area (Å²) in [4.78, 5) is 18.2. The monoisotopic (exact) mass is 307 g/mol. The Bertz CT molecular complexity index is 319. The van der Waals surface area contributed by atoms with Gasteiger partial charge in [-0.2, -0.15) is 0 Å². The van der Waals surface area contributed by atoms with Crippen molar-refractivity contribution in [3.05, 3.63) is 16.1 Å². The summed E-state index contributed by atoms with van der Waals surface area (Å²) in [6, 6.07) is -0.524. The summed E-state index contributed by atoms with van der Waals surface area (Å²) in [5.74, 6) is 0.756. The predicted molar refractivity (Wildman–Crippen MR) is 60.8 cm³/mol. The molecule has 0 fully saturated rings. The zero-order chi connectivity index (χ0) is 10.4. The summed E-state index contributed by atoms with van der Waals surface area (Å²) in [6.07, 6.45) is 3.17. The van der Waals surface area contributed by atoms with Crippen molar-refractivity contribution in [1.82, 2.24) is 15.3 Å². The summed E-state index contributed by atoms with van der Waals surface area (Å²) in [5, 5.41) is 5.51. The van der Waals surface area contributed by atoms with Crippen LogP contribution in [-0.4, -0.2) is 29.1 Å². The van der Waals surface area contributed by atoms with Gasteiger partial charge in [-0.15, -0.1) is 0 Å². The first-order chi connectivity index (χ1) is 6.70. The number of rotatable bonds is 4. The quantitative estimate of drug-likeness (QED) is 0.546. The van der Waals surface area contributed by atoms with Crippen LogP contribution in [0.25, 0.3) is 0 Å². The molecule has 1 rings (SSSR count). The van der Waals surface area contributed by atoms with E-state index in [1.54, 1.807) is 6.20 Å². The third kappa shape index (κ3) is 3.73. The molecule has 0 saturated carbocycles. The highest BCUT2D eigenvalue weighted by molar-refractivity contribution is 14.1. The van der Waals surface area contributed by atoms with Crippen molar-refractivity contribution in [3.63, 3.8) is 0 Å². The van der Waals surface area contributed by atoms with E-state index < -0.39 is 6.03 Å². The SMILES string of the molecule is NC(=O)NCCNc1ncncc1I. The number of nitrogens with zero attached hydrogens (tertiary/aromatic N) is 2. The number of aromatic nitrogens is 2. The molecule has 0 aromatic carbocycles. The minimum atomic E-state index is -0.524. The number of anilines is 1. The molecule has 0 saturated heterocycles. The van der Waals surface area contributed by atoms with E-state index in [4.69, 9.17) is 5.73 Å². The van der Waals surface area contributed by atoms with Gasteiger partial charge in [-0.25, -0.2) is 14.8 Å². The lowest BCUT2D eigenvalue weighted by Crippen LogP contribution is -2.33. The summed E-state index contributed by atoms with van der Waals surface area (Å²) in [5.41, 5.74) is 4.90. The molecule has 6 nitrogen and oxygen atoms in total. The minimum Gasteiger partial charge on any atom is -0.367 e. The number of amides is 2. The molecule has 0 aliphatic carbocycles. The van der Waals surface area contributed by atoms with Crippen LogP contribution in [0, 0.1) is 3.57 Å². The Hall–Kier alpha value is -1.12. The summed E-state index contributed by atoms with van der Waals surface area (Å²) in [7, 11) is 0. The molecule has 0 unspecified atom stereocenters. The predicted octanol–water partition coefficient (Wildman–Crippen LogP) is 0.161. The molecule has 4 N–H and O–H groups in total. The van der Waals surface area contributed by atoms with Gasteiger partial charge in [0.05, 0.1) is 3.57 Å². The van der Waals surface area contributed by atoms with Crippen LogP contribution >= 0.6 is 22.6 Å². The maximum atomic E-state index is 10.3. The molecule has 2 amide bonds. The topological polar surface area (TPSA) is 92.9 Å². The van der Waals surface area contributed by atoms with E-state index in [-0.39, 0.29) is 0 Å². The number of nitrogens with one attached hydrogen (secondary N) is 2. The van der Waals surface area contributed by atoms with E-state index in [0.29, 0.717) is 13.1 Å². The summed E-state index contributed by atoms with van der Waals surface area (Å²) in [6.45, 7) is 1.05. The first kappa shape index (κ1) is 11.0. The Morgan fingerprint density at radius 2 is 2.36 bits per heavy atom. The number of urea groups is 1. The van der Waals surface area contributed by atoms with Gasteiger partial charge in [0.15, 0.2) is 0 Å². The molecular weight excluding hydrogens is 297 g/mol. The van der Waals surface area contributed by atoms with Gasteiger partial charge >= 0.3 is 6.03 Å². The Morgan fingerprint density at radius 3 is 3.00 bits per heavy atom. The van der Waals surface area contributed by atoms with E-state index in [1.807, 2.05) is 0 Å². The maximum Gasteiger partial charge on any atom is 0.312 e. The fourth-order valence-electron chi connectivity index (χ4n) is 0.809. The van der Waals surface area contributed by atoms with Crippen molar-refractivity contribution in [1.29, 1.82) is 0 Å². The zero-order valence-corrected chi connectivity index (χ0v) is 9.48. The van der Waals surface area contributed by atoms with E-state index in [1.165, 1.54) is 6.33 Å². The fourth-order valence-corrected chi connectivity index (χ4v) is 1.30. The second kappa shape index (κ2) is 5.58. The third-order valence-electron chi connectivity index (χ3n) is 1.38. The molecule has 0 radical (unpaired) electrons. The van der Waals surface area contributed by atoms with Crippen molar-refractivity contribution >= 4 is 34.4 Å². The van der Waals surface area contributed by atoms with Gasteiger partial charge in [0.1, 0.15) is 12.1 Å². The average Bonchev–Trinajstić information content (AvgIpc) is 2.15. The van der Waals surface area contributed by atoms with E-state index in [9.17, 15) is 4.79 Å². The summed E-state index contributed by atoms with van der Waals surface area (Å²) < 4.78 is 0.934. The van der Waals surface area contributed by atoms with Crippen LogP contribution in [0.15, 0.2) is 12.5 Å². The van der Waals surface area contributed by atoms with E-state index in [0.717, 1.165) is 9.39 Å². The van der Waals surface area contributed by atoms with Gasteiger partial charge in [0.25, 0.3) is 0 Å². The largest absolute Gasteiger partial charge is 0.367 e. The first-order valence-electron chi connectivity index (χ1n) is 3.93. The first-order valence-corrected chi connectivity index (χ1v) is 5.00. The van der Waals surface area contributed by atoms with Crippen LogP contribution in [0.2, 0.25) is 0 Å². The molecule has 0 aliphatic rings. The van der Waals surface area contributed by atoms with Crippen molar-refractivity contribution < 1.29 is 4.79 Å². The molecule has 0 spiro atoms. The van der Waals surface area contributed by atoms with Crippen LogP contribution < -0.4 is 16.4 Å². The van der Waals surface area contributed by atoms with E-state index >= 15 is 0 Å². The van der Waals surface area contributed by atoms with Crippen molar-refractivity contribution in [2.75, 3.05) is 18.4 Å². The molecule has 7 heteroatoms. The fraction of sp³-hybridized carbons (Fsp3) is 0.286. The Labute approximate surface area is 94.8 Å². The lowest BCUT2D eigenvalue weighted by atomic mass is 10.5. The molecule has 0 atom stereocenters. The molecular formula is C7H10IN5O. The van der Waals surface area contributed by atoms with E-state index in [2.05, 4.69) is 43.2 Å². The van der Waals surface area contributed by atoms with Gasteiger partial charge in [-0.05, 0) is 22.6 Å². The number of hydrogen-bond donors (Lipinski definition) is 3. The number of halogens is 1. The smallest absolute Gasteiger partial charge is 0.312 e. The number of carbonyl (C=O) groups excluding carboxylic acids is 1. The van der Waals surface area contributed by atoms with Crippen molar-refractivity contribution in [2.24, 2.45) is 5.73 Å². The van der Waals surface area contributed by atoms with Gasteiger partial charge in [-0.1, -0.05) is 0 Å². The van der Waals surface area contributed by atoms with Crippen LogP contribution in [0.5, 0.6) is 0 Å². The van der Waals surface area contributed by atoms with Crippen molar-refractivity contribution in [2.45, 2.75) is 0 Å². The number of carbonyl (C=O) groups is 1. The molecule has 76 valence electrons. The van der Waals surface area contributed by atoms with Gasteiger partial charge in [0, 0.05) is 19.3 Å². The molecule has 0 bridgehead atoms. The van der Waals surface area contributed by atoms with Crippen molar-refractivity contribution in [3.8, 4) is 0 Å². The highest BCUT2D eigenvalue weighted by Crippen LogP contribution is 2.11. The van der Waals surface area contributed by atoms with Crippen LogP contribution in [0.3, 0.4) is 0 Å². The zero-order valence-electron chi connectivity index (χ0n) is 7.33. The molecule has 1 aromatic rings. The van der Waals surface area contributed by atoms with Gasteiger partial charge in [-0.3, -0.25) is 0 Å². The lowest BCUT2D eigenvalue weighted by Gasteiger charge is -2.06. The third-order valence-corrected chi connectivity index (χ3v) is 2.17. The standard InChI is InChI=1S/C7H10IN5O/c8-5-3-10-4-13-6(5)11-1-2-12-7(9)14/h3-4H,1-2H2,(H3,9,12,14)(H,10,11,13). The highest BCUT2D eigenvalue weighted by Gasteiger charge is 1.98. The van der Waals surface area contributed by atoms with Gasteiger partial charge in [0.2, 0.25) is 0 Å². The lowest BCUT2D eigenvalue weighted by molar-refractivity contribution is 0.249. The second-order valence-electron chi connectivity index (χ2n) is 2.44. The van der Waals surface area contributed by atoms with Crippen LogP contribution in [0.1, 0.15) is 0 Å². The van der Waals surface area contributed by atoms with Crippen LogP contribution in [0.4, 0.5) is 10.6 Å². The molecule has 0 aliphatic heterocycles. The average molecular weight is 307 g/mol. The number of primary amides is 1. The molecule has 14 heavy (non-hydrogen) atoms. The molecule has 1 aromatic heterocycles. The molecule has 1 heterocycles. The minimum absolute atomic E-state index is 0.468. The summed E-state index contributed by atoms with van der Waals surface area (Å²) >= 11 is 2.13. The Kier molecular flexibility index (Phi) is 4.36. The maximum absolute atomic E-state index is 10.3. The Balaban J connectivity index is 2.31. The second-order valence-corrected chi connectivity index (χ2v) is 3.60. The highest BCUT2D eigenvalue weighted by atomic mass is 127. The van der Waals surface area contributed by atoms with Gasteiger partial charge < -0.3 is 16.4 Å².